The number of carbonyl (C=O) groups excluding carboxylic acids is 1. The van der Waals surface area contributed by atoms with Crippen molar-refractivity contribution in [3.8, 4) is 0 Å². The zero-order valence-electron chi connectivity index (χ0n) is 9.37. The Hall–Kier alpha value is -1.68. The number of halogens is 1. The molecule has 88 valence electrons. The fraction of sp³-hybridized carbons (Fsp3) is 0.154. The molecule has 2 rings (SSSR count). The van der Waals surface area contributed by atoms with Gasteiger partial charge in [0.2, 0.25) is 0 Å². The average Bonchev–Trinajstić information content (AvgIpc) is 2.82. The van der Waals surface area contributed by atoms with E-state index in [2.05, 4.69) is 5.32 Å². The van der Waals surface area contributed by atoms with Crippen molar-refractivity contribution in [1.29, 1.82) is 0 Å². The van der Waals surface area contributed by atoms with Gasteiger partial charge in [0.05, 0.1) is 6.54 Å². The second kappa shape index (κ2) is 5.10. The fourth-order valence-corrected chi connectivity index (χ4v) is 2.11. The second-order valence-corrected chi connectivity index (χ2v) is 4.76. The lowest BCUT2D eigenvalue weighted by atomic mass is 10.1. The molecule has 0 unspecified atom stereocenters. The number of aryl methyl sites for hydroxylation is 1. The van der Waals surface area contributed by atoms with Gasteiger partial charge >= 0.3 is 0 Å². The molecule has 0 aliphatic rings. The zero-order valence-corrected chi connectivity index (χ0v) is 10.2. The molecule has 0 radical (unpaired) electrons. The van der Waals surface area contributed by atoms with Crippen LogP contribution in [0.5, 0.6) is 0 Å². The Kier molecular flexibility index (Phi) is 3.54. The molecule has 2 nitrogen and oxygen atoms in total. The molecule has 0 bridgehead atoms. The monoisotopic (exact) mass is 249 g/mol. The maximum atomic E-state index is 13.0. The molecule has 0 atom stereocenters. The average molecular weight is 249 g/mol. The van der Waals surface area contributed by atoms with Gasteiger partial charge < -0.3 is 5.32 Å². The number of hydrogen-bond acceptors (Lipinski definition) is 2. The van der Waals surface area contributed by atoms with E-state index in [9.17, 15) is 9.18 Å². The Labute approximate surface area is 103 Å². The minimum absolute atomic E-state index is 0.179. The lowest BCUT2D eigenvalue weighted by Gasteiger charge is -2.05. The summed E-state index contributed by atoms with van der Waals surface area (Å²) in [6.07, 6.45) is 0. The number of nitrogens with one attached hydrogen (secondary N) is 1. The van der Waals surface area contributed by atoms with Crippen LogP contribution in [0.3, 0.4) is 0 Å². The van der Waals surface area contributed by atoms with Crippen LogP contribution in [-0.4, -0.2) is 5.91 Å². The van der Waals surface area contributed by atoms with Crippen molar-refractivity contribution in [3.63, 3.8) is 0 Å². The van der Waals surface area contributed by atoms with Crippen LogP contribution in [0.25, 0.3) is 0 Å². The highest BCUT2D eigenvalue weighted by Crippen LogP contribution is 2.11. The van der Waals surface area contributed by atoms with Crippen LogP contribution in [-0.2, 0) is 6.54 Å². The molecule has 2 aromatic rings. The van der Waals surface area contributed by atoms with E-state index in [1.165, 1.54) is 12.1 Å². The number of amides is 1. The molecule has 0 aliphatic carbocycles. The van der Waals surface area contributed by atoms with Crippen molar-refractivity contribution < 1.29 is 9.18 Å². The van der Waals surface area contributed by atoms with Crippen molar-refractivity contribution in [2.24, 2.45) is 0 Å². The van der Waals surface area contributed by atoms with E-state index < -0.39 is 0 Å². The summed E-state index contributed by atoms with van der Waals surface area (Å²) in [4.78, 5) is 12.9. The van der Waals surface area contributed by atoms with Crippen molar-refractivity contribution in [2.45, 2.75) is 13.5 Å². The van der Waals surface area contributed by atoms with Gasteiger partial charge in [-0.1, -0.05) is 6.07 Å². The first kappa shape index (κ1) is 11.8. The molecule has 1 aromatic carbocycles. The maximum absolute atomic E-state index is 13.0. The highest BCUT2D eigenvalue weighted by atomic mass is 32.1. The third-order valence-corrected chi connectivity index (χ3v) is 3.30. The van der Waals surface area contributed by atoms with Gasteiger partial charge in [-0.3, -0.25) is 4.79 Å². The molecule has 0 fully saturated rings. The number of rotatable bonds is 3. The minimum atomic E-state index is -0.292. The van der Waals surface area contributed by atoms with Crippen molar-refractivity contribution in [2.75, 3.05) is 0 Å². The molecule has 0 saturated carbocycles. The van der Waals surface area contributed by atoms with Gasteiger partial charge in [0.1, 0.15) is 5.82 Å². The first-order chi connectivity index (χ1) is 8.16. The standard InChI is InChI=1S/C13H12FNOS/c1-9-7-10(4-5-12(9)14)13(16)15-8-11-3-2-6-17-11/h2-7H,8H2,1H3,(H,15,16). The Bertz CT molecular complexity index is 522. The molecule has 1 amide bonds. The van der Waals surface area contributed by atoms with Crippen LogP contribution in [0, 0.1) is 12.7 Å². The Morgan fingerprint density at radius 3 is 2.88 bits per heavy atom. The maximum Gasteiger partial charge on any atom is 0.251 e. The highest BCUT2D eigenvalue weighted by molar-refractivity contribution is 7.09. The van der Waals surface area contributed by atoms with Crippen LogP contribution in [0.4, 0.5) is 4.39 Å². The first-order valence-electron chi connectivity index (χ1n) is 5.23. The van der Waals surface area contributed by atoms with E-state index >= 15 is 0 Å². The molecular formula is C13H12FNOS. The third-order valence-electron chi connectivity index (χ3n) is 2.42. The normalized spacial score (nSPS) is 10.2. The summed E-state index contributed by atoms with van der Waals surface area (Å²) in [7, 11) is 0. The van der Waals surface area contributed by atoms with Crippen LogP contribution < -0.4 is 5.32 Å². The first-order valence-corrected chi connectivity index (χ1v) is 6.11. The highest BCUT2D eigenvalue weighted by Gasteiger charge is 2.07. The van der Waals surface area contributed by atoms with E-state index in [1.807, 2.05) is 17.5 Å². The molecule has 0 aliphatic heterocycles. The number of thiophene rings is 1. The molecule has 1 N–H and O–H groups in total. The lowest BCUT2D eigenvalue weighted by Crippen LogP contribution is -2.22. The van der Waals surface area contributed by atoms with E-state index in [0.29, 0.717) is 17.7 Å². The van der Waals surface area contributed by atoms with Crippen molar-refractivity contribution in [3.05, 3.63) is 57.5 Å². The SMILES string of the molecule is Cc1cc(C(=O)NCc2cccs2)ccc1F. The van der Waals surface area contributed by atoms with E-state index in [-0.39, 0.29) is 11.7 Å². The largest absolute Gasteiger partial charge is 0.347 e. The van der Waals surface area contributed by atoms with Gasteiger partial charge in [0.25, 0.3) is 5.91 Å². The van der Waals surface area contributed by atoms with Crippen molar-refractivity contribution in [1.82, 2.24) is 5.32 Å². The van der Waals surface area contributed by atoms with E-state index in [4.69, 9.17) is 0 Å². The van der Waals surface area contributed by atoms with Crippen LogP contribution in [0.1, 0.15) is 20.8 Å². The molecule has 0 saturated heterocycles. The van der Waals surface area contributed by atoms with Gasteiger partial charge in [-0.15, -0.1) is 11.3 Å². The van der Waals surface area contributed by atoms with Gasteiger partial charge in [0, 0.05) is 10.4 Å². The molecule has 4 heteroatoms. The molecule has 17 heavy (non-hydrogen) atoms. The predicted molar refractivity (Wildman–Crippen MR) is 66.6 cm³/mol. The van der Waals surface area contributed by atoms with Crippen LogP contribution in [0.2, 0.25) is 0 Å². The van der Waals surface area contributed by atoms with E-state index in [1.54, 1.807) is 24.3 Å². The summed E-state index contributed by atoms with van der Waals surface area (Å²) >= 11 is 1.59. The van der Waals surface area contributed by atoms with Crippen LogP contribution in [0.15, 0.2) is 35.7 Å². The molecule has 0 spiro atoms. The Morgan fingerprint density at radius 2 is 2.24 bits per heavy atom. The van der Waals surface area contributed by atoms with Crippen LogP contribution >= 0.6 is 11.3 Å². The number of carbonyl (C=O) groups is 1. The van der Waals surface area contributed by atoms with Crippen molar-refractivity contribution >= 4 is 17.2 Å². The summed E-state index contributed by atoms with van der Waals surface area (Å²) in [5.41, 5.74) is 0.967. The zero-order chi connectivity index (χ0) is 12.3. The second-order valence-electron chi connectivity index (χ2n) is 3.73. The third kappa shape index (κ3) is 2.91. The molecule has 1 heterocycles. The van der Waals surface area contributed by atoms with E-state index in [0.717, 1.165) is 4.88 Å². The number of benzene rings is 1. The molecular weight excluding hydrogens is 237 g/mol. The number of hydrogen-bond donors (Lipinski definition) is 1. The summed E-state index contributed by atoms with van der Waals surface area (Å²) in [5, 5.41) is 4.76. The quantitative estimate of drug-likeness (QED) is 0.889. The molecule has 1 aromatic heterocycles. The van der Waals surface area contributed by atoms with Gasteiger partial charge in [-0.05, 0) is 42.1 Å². The summed E-state index contributed by atoms with van der Waals surface area (Å²) in [5.74, 6) is -0.471. The van der Waals surface area contributed by atoms with Gasteiger partial charge in [-0.25, -0.2) is 4.39 Å². The fourth-order valence-electron chi connectivity index (χ4n) is 1.47. The summed E-state index contributed by atoms with van der Waals surface area (Å²) in [6.45, 7) is 2.15. The lowest BCUT2D eigenvalue weighted by molar-refractivity contribution is 0.0951. The topological polar surface area (TPSA) is 29.1 Å². The Balaban J connectivity index is 2.02. The van der Waals surface area contributed by atoms with Gasteiger partial charge in [-0.2, -0.15) is 0 Å². The Morgan fingerprint density at radius 1 is 1.41 bits per heavy atom. The summed E-state index contributed by atoms with van der Waals surface area (Å²) < 4.78 is 13.0. The summed E-state index contributed by atoms with van der Waals surface area (Å²) in [6, 6.07) is 8.26. The smallest absolute Gasteiger partial charge is 0.251 e. The minimum Gasteiger partial charge on any atom is -0.347 e. The predicted octanol–water partition coefficient (Wildman–Crippen LogP) is 3.13. The van der Waals surface area contributed by atoms with Gasteiger partial charge in [0.15, 0.2) is 0 Å².